The molecule has 0 radical (unpaired) electrons. The highest BCUT2D eigenvalue weighted by molar-refractivity contribution is 14.1. The second-order valence-electron chi connectivity index (χ2n) is 10.5. The lowest BCUT2D eigenvalue weighted by molar-refractivity contribution is -0.136. The number of esters is 1. The molecule has 47 heavy (non-hydrogen) atoms. The quantitative estimate of drug-likeness (QED) is 0.112. The Morgan fingerprint density at radius 1 is 1.00 bits per heavy atom. The molecular weight excluding hydrogens is 795 g/mol. The molecule has 1 aromatic heterocycles. The van der Waals surface area contributed by atoms with Gasteiger partial charge in [-0.05, 0) is 110 Å². The minimum atomic E-state index is -0.771. The molecule has 1 atom stereocenters. The third-order valence-electron chi connectivity index (χ3n) is 7.58. The van der Waals surface area contributed by atoms with E-state index < -0.39 is 12.0 Å². The zero-order chi connectivity index (χ0) is 33.1. The van der Waals surface area contributed by atoms with E-state index in [1.54, 1.807) is 12.1 Å². The van der Waals surface area contributed by atoms with Gasteiger partial charge in [0.25, 0.3) is 5.56 Å². The molecule has 0 saturated heterocycles. The summed E-state index contributed by atoms with van der Waals surface area (Å²) in [4.78, 5) is 31.9. The van der Waals surface area contributed by atoms with Crippen LogP contribution in [0.25, 0.3) is 16.8 Å². The predicted molar refractivity (Wildman–Crippen MR) is 195 cm³/mol. The maximum Gasteiger partial charge on any atom is 0.337 e. The minimum absolute atomic E-state index is 0.239. The fraction of sp³-hybridized carbons (Fsp3) is 0.194. The number of aromatic nitrogens is 1. The number of methoxy groups -OCH3 is 1. The number of ether oxygens (including phenoxy) is 4. The van der Waals surface area contributed by atoms with Crippen molar-refractivity contribution in [2.45, 2.75) is 26.5 Å². The smallest absolute Gasteiger partial charge is 0.337 e. The molecule has 2 heterocycles. The topological polar surface area (TPSA) is 88.4 Å². The first kappa shape index (κ1) is 33.0. The maximum absolute atomic E-state index is 14.1. The number of hydrogen-bond acceptors (Lipinski definition) is 8. The van der Waals surface area contributed by atoms with Gasteiger partial charge >= 0.3 is 5.97 Å². The third-order valence-corrected chi connectivity index (χ3v) is 9.97. The summed E-state index contributed by atoms with van der Waals surface area (Å²) in [5.41, 5.74) is 2.54. The number of halogens is 2. The summed E-state index contributed by atoms with van der Waals surface area (Å²) in [5.74, 6) is 1.26. The number of hydrogen-bond donors (Lipinski definition) is 0. The molecule has 0 bridgehead atoms. The Bertz CT molecular complexity index is 2180. The highest BCUT2D eigenvalue weighted by Gasteiger charge is 2.31. The van der Waals surface area contributed by atoms with E-state index in [4.69, 9.17) is 18.9 Å². The van der Waals surface area contributed by atoms with Gasteiger partial charge in [-0.1, -0.05) is 59.9 Å². The molecule has 0 unspecified atom stereocenters. The Morgan fingerprint density at radius 3 is 2.53 bits per heavy atom. The van der Waals surface area contributed by atoms with Gasteiger partial charge in [-0.15, -0.1) is 0 Å². The van der Waals surface area contributed by atoms with Crippen LogP contribution in [-0.4, -0.2) is 30.9 Å². The summed E-state index contributed by atoms with van der Waals surface area (Å²) in [6.07, 6.45) is 3.30. The number of carbonyl (C=O) groups excluding carboxylic acids is 1. The lowest BCUT2D eigenvalue weighted by Crippen LogP contribution is -2.39. The Kier molecular flexibility index (Phi) is 10.1. The fourth-order valence-corrected chi connectivity index (χ4v) is 8.25. The van der Waals surface area contributed by atoms with Crippen molar-refractivity contribution in [3.05, 3.63) is 129 Å². The Labute approximate surface area is 297 Å². The fourth-order valence-electron chi connectivity index (χ4n) is 5.51. The van der Waals surface area contributed by atoms with Crippen molar-refractivity contribution in [1.82, 2.24) is 4.57 Å². The first-order valence-corrected chi connectivity index (χ1v) is 17.6. The van der Waals surface area contributed by atoms with Crippen molar-refractivity contribution in [2.24, 2.45) is 4.99 Å². The van der Waals surface area contributed by atoms with Crippen LogP contribution in [0, 0.1) is 3.57 Å². The normalized spacial score (nSPS) is 14.3. The van der Waals surface area contributed by atoms with Gasteiger partial charge in [-0.3, -0.25) is 9.36 Å². The number of thiazole rings is 1. The minimum Gasteiger partial charge on any atom is -0.490 e. The molecule has 0 aliphatic carbocycles. The van der Waals surface area contributed by atoms with Crippen LogP contribution in [0.4, 0.5) is 0 Å². The molecule has 6 rings (SSSR count). The largest absolute Gasteiger partial charge is 0.490 e. The second-order valence-corrected chi connectivity index (χ2v) is 13.5. The van der Waals surface area contributed by atoms with E-state index in [0.29, 0.717) is 46.2 Å². The van der Waals surface area contributed by atoms with Crippen molar-refractivity contribution >= 4 is 72.7 Å². The van der Waals surface area contributed by atoms with Crippen LogP contribution in [0.3, 0.4) is 0 Å². The number of fused-ring (bicyclic) bond motifs is 2. The Balaban J connectivity index is 1.36. The summed E-state index contributed by atoms with van der Waals surface area (Å²) in [6, 6.07) is 23.0. The van der Waals surface area contributed by atoms with Crippen LogP contribution < -0.4 is 29.1 Å². The summed E-state index contributed by atoms with van der Waals surface area (Å²) < 4.78 is 26.6. The molecule has 240 valence electrons. The van der Waals surface area contributed by atoms with Crippen LogP contribution >= 0.6 is 49.9 Å². The average molecular weight is 826 g/mol. The van der Waals surface area contributed by atoms with Crippen molar-refractivity contribution in [1.29, 1.82) is 0 Å². The van der Waals surface area contributed by atoms with Gasteiger partial charge < -0.3 is 18.9 Å². The Morgan fingerprint density at radius 2 is 1.77 bits per heavy atom. The van der Waals surface area contributed by atoms with Gasteiger partial charge in [0.15, 0.2) is 16.3 Å². The second kappa shape index (κ2) is 14.4. The molecular formula is C36H30BrIN2O6S. The molecule has 4 aromatic carbocycles. The highest BCUT2D eigenvalue weighted by atomic mass is 127. The standard InChI is InChI=1S/C36H30BrIN2O6S/c1-4-44-29-14-13-23(18-30(29)45-5-2)32-26(35(42)43-3)19-39-36-40(32)34(41)31(47-36)17-21-15-27(37)33(28(38)16-21)46-20-24-11-8-10-22-9-6-7-12-25(22)24/h6-19,32H,4-5,20H2,1-3H3/b31-17-/t32-/m0/s1. The number of carbonyl (C=O) groups is 1. The molecule has 0 saturated carbocycles. The number of nitrogens with zero attached hydrogens (tertiary/aromatic N) is 2. The van der Waals surface area contributed by atoms with E-state index in [0.717, 1.165) is 35.7 Å². The number of benzene rings is 4. The van der Waals surface area contributed by atoms with Crippen molar-refractivity contribution < 1.29 is 23.7 Å². The lowest BCUT2D eigenvalue weighted by atomic mass is 9.97. The van der Waals surface area contributed by atoms with Crippen molar-refractivity contribution in [3.63, 3.8) is 0 Å². The molecule has 1 aliphatic heterocycles. The van der Waals surface area contributed by atoms with E-state index >= 15 is 0 Å². The summed E-state index contributed by atoms with van der Waals surface area (Å²) in [6.45, 7) is 5.08. The SMILES string of the molecule is CCOc1ccc([C@H]2C(C(=O)OC)=CN=c3s/c(=C\c4cc(Br)c(OCc5cccc6ccccc56)c(I)c4)c(=O)n32)cc1OCC. The molecule has 5 aromatic rings. The first-order chi connectivity index (χ1) is 22.8. The lowest BCUT2D eigenvalue weighted by Gasteiger charge is -2.23. The van der Waals surface area contributed by atoms with Gasteiger partial charge in [0.1, 0.15) is 12.4 Å². The molecule has 0 fully saturated rings. The zero-order valence-electron chi connectivity index (χ0n) is 25.8. The van der Waals surface area contributed by atoms with Crippen LogP contribution in [0.2, 0.25) is 0 Å². The van der Waals surface area contributed by atoms with Gasteiger partial charge in [-0.2, -0.15) is 0 Å². The summed E-state index contributed by atoms with van der Waals surface area (Å²) in [5, 5.41) is 2.32. The van der Waals surface area contributed by atoms with Gasteiger partial charge in [-0.25, -0.2) is 9.79 Å². The predicted octanol–water partition coefficient (Wildman–Crippen LogP) is 6.91. The number of rotatable bonds is 10. The summed E-state index contributed by atoms with van der Waals surface area (Å²) >= 11 is 7.19. The molecule has 0 amide bonds. The zero-order valence-corrected chi connectivity index (χ0v) is 30.3. The maximum atomic E-state index is 14.1. The monoisotopic (exact) mass is 824 g/mol. The van der Waals surface area contributed by atoms with Crippen LogP contribution in [0.5, 0.6) is 17.2 Å². The molecule has 1 aliphatic rings. The molecule has 11 heteroatoms. The van der Waals surface area contributed by atoms with Crippen LogP contribution in [-0.2, 0) is 16.1 Å². The highest BCUT2D eigenvalue weighted by Crippen LogP contribution is 2.36. The molecule has 8 nitrogen and oxygen atoms in total. The van der Waals surface area contributed by atoms with E-state index in [1.165, 1.54) is 29.2 Å². The van der Waals surface area contributed by atoms with E-state index in [2.05, 4.69) is 67.8 Å². The van der Waals surface area contributed by atoms with Crippen LogP contribution in [0.1, 0.15) is 36.6 Å². The first-order valence-electron chi connectivity index (χ1n) is 14.9. The molecule has 0 spiro atoms. The van der Waals surface area contributed by atoms with Crippen LogP contribution in [0.15, 0.2) is 98.8 Å². The van der Waals surface area contributed by atoms with Gasteiger partial charge in [0.2, 0.25) is 0 Å². The van der Waals surface area contributed by atoms with E-state index in [1.807, 2.05) is 56.3 Å². The summed E-state index contributed by atoms with van der Waals surface area (Å²) in [7, 11) is 1.31. The van der Waals surface area contributed by atoms with E-state index in [-0.39, 0.29) is 11.1 Å². The third kappa shape index (κ3) is 6.74. The molecule has 0 N–H and O–H groups in total. The van der Waals surface area contributed by atoms with Crippen molar-refractivity contribution in [2.75, 3.05) is 20.3 Å². The Hall–Kier alpha value is -3.94. The van der Waals surface area contributed by atoms with E-state index in [9.17, 15) is 9.59 Å². The van der Waals surface area contributed by atoms with Gasteiger partial charge in [0, 0.05) is 6.20 Å². The van der Waals surface area contributed by atoms with Gasteiger partial charge in [0.05, 0.1) is 44.5 Å². The van der Waals surface area contributed by atoms with Crippen molar-refractivity contribution in [3.8, 4) is 17.2 Å². The average Bonchev–Trinajstić information content (AvgIpc) is 3.39.